The SMILES string of the molecule is Cc1cc(C)c(C(=O)COCc2ccco2)c(C)c1. The summed E-state index contributed by atoms with van der Waals surface area (Å²) in [6.45, 7) is 6.34. The Labute approximate surface area is 113 Å². The topological polar surface area (TPSA) is 39.4 Å². The van der Waals surface area contributed by atoms with E-state index < -0.39 is 0 Å². The van der Waals surface area contributed by atoms with E-state index >= 15 is 0 Å². The van der Waals surface area contributed by atoms with Crippen LogP contribution in [0.15, 0.2) is 34.9 Å². The highest BCUT2D eigenvalue weighted by molar-refractivity contribution is 5.99. The van der Waals surface area contributed by atoms with Gasteiger partial charge in [-0.25, -0.2) is 0 Å². The van der Waals surface area contributed by atoms with Crippen molar-refractivity contribution in [3.8, 4) is 0 Å². The van der Waals surface area contributed by atoms with Crippen molar-refractivity contribution < 1.29 is 13.9 Å². The maximum atomic E-state index is 12.2. The lowest BCUT2D eigenvalue weighted by Crippen LogP contribution is -2.12. The van der Waals surface area contributed by atoms with E-state index in [4.69, 9.17) is 9.15 Å². The van der Waals surface area contributed by atoms with Crippen molar-refractivity contribution in [2.45, 2.75) is 27.4 Å². The number of benzene rings is 1. The van der Waals surface area contributed by atoms with Crippen molar-refractivity contribution in [2.75, 3.05) is 6.61 Å². The van der Waals surface area contributed by atoms with Crippen LogP contribution in [0, 0.1) is 20.8 Å². The number of carbonyl (C=O) groups excluding carboxylic acids is 1. The Hall–Kier alpha value is -1.87. The van der Waals surface area contributed by atoms with Crippen molar-refractivity contribution in [3.63, 3.8) is 0 Å². The van der Waals surface area contributed by atoms with Crippen LogP contribution in [0.5, 0.6) is 0 Å². The molecule has 1 aromatic carbocycles. The summed E-state index contributed by atoms with van der Waals surface area (Å²) in [7, 11) is 0. The predicted molar refractivity (Wildman–Crippen MR) is 73.3 cm³/mol. The number of ether oxygens (including phenoxy) is 1. The Morgan fingerprint density at radius 1 is 1.21 bits per heavy atom. The smallest absolute Gasteiger partial charge is 0.189 e. The number of aryl methyl sites for hydroxylation is 3. The first-order valence-electron chi connectivity index (χ1n) is 6.29. The standard InChI is InChI=1S/C16H18O3/c1-11-7-12(2)16(13(3)8-11)15(17)10-18-9-14-5-4-6-19-14/h4-8H,9-10H2,1-3H3. The molecule has 0 aliphatic carbocycles. The van der Waals surface area contributed by atoms with Gasteiger partial charge in [0.15, 0.2) is 5.78 Å². The van der Waals surface area contributed by atoms with E-state index in [1.165, 1.54) is 5.56 Å². The van der Waals surface area contributed by atoms with Crippen LogP contribution in [-0.2, 0) is 11.3 Å². The highest BCUT2D eigenvalue weighted by Gasteiger charge is 2.13. The molecule has 0 atom stereocenters. The maximum Gasteiger partial charge on any atom is 0.189 e. The van der Waals surface area contributed by atoms with Gasteiger partial charge in [0, 0.05) is 5.56 Å². The number of ketones is 1. The average Bonchev–Trinajstić information content (AvgIpc) is 2.80. The van der Waals surface area contributed by atoms with E-state index in [0.717, 1.165) is 22.5 Å². The van der Waals surface area contributed by atoms with E-state index in [2.05, 4.69) is 0 Å². The second-order valence-electron chi connectivity index (χ2n) is 4.77. The normalized spacial score (nSPS) is 10.7. The van der Waals surface area contributed by atoms with Crippen LogP contribution in [0.3, 0.4) is 0 Å². The minimum atomic E-state index is 0.0153. The van der Waals surface area contributed by atoms with Gasteiger partial charge >= 0.3 is 0 Å². The molecular weight excluding hydrogens is 240 g/mol. The van der Waals surface area contributed by atoms with Gasteiger partial charge in [0.1, 0.15) is 19.0 Å². The molecule has 0 bridgehead atoms. The van der Waals surface area contributed by atoms with Crippen LogP contribution in [0.4, 0.5) is 0 Å². The first kappa shape index (κ1) is 13.6. The molecule has 3 nitrogen and oxygen atoms in total. The van der Waals surface area contributed by atoms with Gasteiger partial charge in [-0.15, -0.1) is 0 Å². The first-order valence-corrected chi connectivity index (χ1v) is 6.29. The molecule has 0 amide bonds. The van der Waals surface area contributed by atoms with E-state index in [1.807, 2.05) is 39.0 Å². The second-order valence-corrected chi connectivity index (χ2v) is 4.77. The van der Waals surface area contributed by atoms with Gasteiger partial charge < -0.3 is 9.15 Å². The Kier molecular flexibility index (Phi) is 4.17. The average molecular weight is 258 g/mol. The molecule has 0 radical (unpaired) electrons. The van der Waals surface area contributed by atoms with Crippen LogP contribution >= 0.6 is 0 Å². The van der Waals surface area contributed by atoms with Crippen molar-refractivity contribution in [2.24, 2.45) is 0 Å². The number of hydrogen-bond acceptors (Lipinski definition) is 3. The molecule has 0 N–H and O–H groups in total. The summed E-state index contributed by atoms with van der Waals surface area (Å²) in [5.41, 5.74) is 3.95. The molecule has 2 rings (SSSR count). The molecule has 2 aromatic rings. The van der Waals surface area contributed by atoms with Crippen LogP contribution in [-0.4, -0.2) is 12.4 Å². The van der Waals surface area contributed by atoms with Gasteiger partial charge in [-0.1, -0.05) is 17.7 Å². The fourth-order valence-electron chi connectivity index (χ4n) is 2.33. The Morgan fingerprint density at radius 2 is 1.89 bits per heavy atom. The van der Waals surface area contributed by atoms with Gasteiger partial charge in [-0.3, -0.25) is 4.79 Å². The molecule has 0 fully saturated rings. The van der Waals surface area contributed by atoms with Gasteiger partial charge in [0.25, 0.3) is 0 Å². The monoisotopic (exact) mass is 258 g/mol. The molecule has 0 saturated carbocycles. The summed E-state index contributed by atoms with van der Waals surface area (Å²) in [6.07, 6.45) is 1.59. The van der Waals surface area contributed by atoms with Crippen LogP contribution in [0.1, 0.15) is 32.8 Å². The molecule has 3 heteroatoms. The summed E-state index contributed by atoms with van der Waals surface area (Å²) < 4.78 is 10.5. The van der Waals surface area contributed by atoms with Crippen LogP contribution in [0.25, 0.3) is 0 Å². The fourth-order valence-corrected chi connectivity index (χ4v) is 2.33. The predicted octanol–water partition coefficient (Wildman–Crippen LogP) is 3.60. The lowest BCUT2D eigenvalue weighted by Gasteiger charge is -2.10. The number of furan rings is 1. The molecule has 1 heterocycles. The molecule has 0 spiro atoms. The van der Waals surface area contributed by atoms with E-state index in [9.17, 15) is 4.79 Å². The summed E-state index contributed by atoms with van der Waals surface area (Å²) in [4.78, 5) is 12.2. The summed E-state index contributed by atoms with van der Waals surface area (Å²) in [5.74, 6) is 0.742. The van der Waals surface area contributed by atoms with E-state index in [1.54, 1.807) is 12.3 Å². The van der Waals surface area contributed by atoms with Gasteiger partial charge in [-0.05, 0) is 44.0 Å². The van der Waals surface area contributed by atoms with Crippen LogP contribution < -0.4 is 0 Å². The molecule has 100 valence electrons. The second kappa shape index (κ2) is 5.85. The molecule has 0 saturated heterocycles. The Bertz CT molecular complexity index is 545. The molecule has 0 aliphatic rings. The molecule has 0 unspecified atom stereocenters. The Morgan fingerprint density at radius 3 is 2.47 bits per heavy atom. The lowest BCUT2D eigenvalue weighted by molar-refractivity contribution is 0.0690. The highest BCUT2D eigenvalue weighted by atomic mass is 16.5. The van der Waals surface area contributed by atoms with E-state index in [0.29, 0.717) is 6.61 Å². The summed E-state index contributed by atoms with van der Waals surface area (Å²) in [6, 6.07) is 7.67. The van der Waals surface area contributed by atoms with Crippen molar-refractivity contribution in [1.82, 2.24) is 0 Å². The first-order chi connectivity index (χ1) is 9.08. The van der Waals surface area contributed by atoms with Gasteiger partial charge in [-0.2, -0.15) is 0 Å². The number of hydrogen-bond donors (Lipinski definition) is 0. The van der Waals surface area contributed by atoms with Crippen molar-refractivity contribution in [1.29, 1.82) is 0 Å². The molecular formula is C16H18O3. The zero-order valence-electron chi connectivity index (χ0n) is 11.5. The quantitative estimate of drug-likeness (QED) is 0.769. The largest absolute Gasteiger partial charge is 0.467 e. The fraction of sp³-hybridized carbons (Fsp3) is 0.312. The zero-order valence-corrected chi connectivity index (χ0v) is 11.5. The van der Waals surface area contributed by atoms with Crippen LogP contribution in [0.2, 0.25) is 0 Å². The maximum absolute atomic E-state index is 12.2. The van der Waals surface area contributed by atoms with Crippen molar-refractivity contribution >= 4 is 5.78 Å². The third-order valence-corrected chi connectivity index (χ3v) is 3.01. The number of rotatable bonds is 5. The molecule has 19 heavy (non-hydrogen) atoms. The number of Topliss-reactive ketones (excluding diaryl/α,β-unsaturated/α-hetero) is 1. The van der Waals surface area contributed by atoms with Gasteiger partial charge in [0.2, 0.25) is 0 Å². The minimum absolute atomic E-state index is 0.0153. The third-order valence-electron chi connectivity index (χ3n) is 3.01. The number of carbonyl (C=O) groups is 1. The lowest BCUT2D eigenvalue weighted by atomic mass is 9.97. The Balaban J connectivity index is 2.00. The molecule has 1 aromatic heterocycles. The van der Waals surface area contributed by atoms with Crippen molar-refractivity contribution in [3.05, 3.63) is 58.5 Å². The molecule has 0 aliphatic heterocycles. The van der Waals surface area contributed by atoms with E-state index in [-0.39, 0.29) is 12.4 Å². The summed E-state index contributed by atoms with van der Waals surface area (Å²) in [5, 5.41) is 0. The minimum Gasteiger partial charge on any atom is -0.467 e. The zero-order chi connectivity index (χ0) is 13.8. The highest BCUT2D eigenvalue weighted by Crippen LogP contribution is 2.17. The van der Waals surface area contributed by atoms with Gasteiger partial charge in [0.05, 0.1) is 6.26 Å². The third kappa shape index (κ3) is 3.32. The summed E-state index contributed by atoms with van der Waals surface area (Å²) >= 11 is 0.